The van der Waals surface area contributed by atoms with Crippen LogP contribution in [-0.2, 0) is 4.79 Å². The minimum absolute atomic E-state index is 0.0709. The zero-order valence-electron chi connectivity index (χ0n) is 16.9. The Morgan fingerprint density at radius 1 is 1.00 bits per heavy atom. The number of hydrogen-bond acceptors (Lipinski definition) is 4. The average Bonchev–Trinajstić information content (AvgIpc) is 3.51. The Kier molecular flexibility index (Phi) is 5.88. The Bertz CT molecular complexity index is 974. The van der Waals surface area contributed by atoms with Gasteiger partial charge in [-0.1, -0.05) is 12.1 Å². The SMILES string of the molecule is COc1cccc(C(CC(=O)N2CCN(C(=O)c3ccco3)CC2)n2cccc2)c1. The number of amides is 2. The summed E-state index contributed by atoms with van der Waals surface area (Å²) in [6.07, 6.45) is 5.77. The highest BCUT2D eigenvalue weighted by Crippen LogP contribution is 2.26. The van der Waals surface area contributed by atoms with Gasteiger partial charge in [0.25, 0.3) is 5.91 Å². The van der Waals surface area contributed by atoms with Crippen LogP contribution in [0.1, 0.15) is 28.6 Å². The van der Waals surface area contributed by atoms with E-state index in [1.807, 2.05) is 58.3 Å². The molecule has 4 rings (SSSR count). The number of hydrogen-bond donors (Lipinski definition) is 0. The molecule has 2 amide bonds. The van der Waals surface area contributed by atoms with Gasteiger partial charge in [0, 0.05) is 38.6 Å². The largest absolute Gasteiger partial charge is 0.497 e. The molecule has 1 atom stereocenters. The fourth-order valence-corrected chi connectivity index (χ4v) is 3.81. The maximum Gasteiger partial charge on any atom is 0.289 e. The fraction of sp³-hybridized carbons (Fsp3) is 0.304. The molecule has 156 valence electrons. The number of rotatable bonds is 6. The highest BCUT2D eigenvalue weighted by atomic mass is 16.5. The number of methoxy groups -OCH3 is 1. The molecule has 1 saturated heterocycles. The van der Waals surface area contributed by atoms with Crippen molar-refractivity contribution >= 4 is 11.8 Å². The molecule has 3 aromatic rings. The van der Waals surface area contributed by atoms with Crippen molar-refractivity contribution in [1.82, 2.24) is 14.4 Å². The van der Waals surface area contributed by atoms with Crippen LogP contribution in [-0.4, -0.2) is 59.5 Å². The number of furan rings is 1. The molecule has 0 aliphatic carbocycles. The fourth-order valence-electron chi connectivity index (χ4n) is 3.81. The first kappa shape index (κ1) is 19.8. The van der Waals surface area contributed by atoms with Gasteiger partial charge < -0.3 is 23.5 Å². The molecular formula is C23H25N3O4. The van der Waals surface area contributed by atoms with Gasteiger partial charge in [-0.3, -0.25) is 9.59 Å². The normalized spacial score (nSPS) is 15.1. The predicted octanol–water partition coefficient (Wildman–Crippen LogP) is 3.05. The van der Waals surface area contributed by atoms with Gasteiger partial charge in [0.2, 0.25) is 5.91 Å². The summed E-state index contributed by atoms with van der Waals surface area (Å²) in [4.78, 5) is 29.1. The van der Waals surface area contributed by atoms with Gasteiger partial charge in [-0.25, -0.2) is 0 Å². The summed E-state index contributed by atoms with van der Waals surface area (Å²) in [5.74, 6) is 1.04. The van der Waals surface area contributed by atoms with Gasteiger partial charge in [-0.05, 0) is 42.0 Å². The van der Waals surface area contributed by atoms with E-state index in [1.54, 1.807) is 24.1 Å². The minimum atomic E-state index is -0.131. The lowest BCUT2D eigenvalue weighted by molar-refractivity contribution is -0.133. The van der Waals surface area contributed by atoms with E-state index in [0.29, 0.717) is 38.4 Å². The van der Waals surface area contributed by atoms with Crippen LogP contribution < -0.4 is 4.74 Å². The summed E-state index contributed by atoms with van der Waals surface area (Å²) in [5, 5.41) is 0. The lowest BCUT2D eigenvalue weighted by Gasteiger charge is -2.35. The zero-order chi connectivity index (χ0) is 20.9. The number of nitrogens with zero attached hydrogens (tertiary/aromatic N) is 3. The van der Waals surface area contributed by atoms with Gasteiger partial charge in [0.1, 0.15) is 5.75 Å². The topological polar surface area (TPSA) is 67.9 Å². The number of piperazine rings is 1. The first-order chi connectivity index (χ1) is 14.7. The zero-order valence-corrected chi connectivity index (χ0v) is 16.9. The molecule has 0 bridgehead atoms. The van der Waals surface area contributed by atoms with E-state index in [0.717, 1.165) is 11.3 Å². The van der Waals surface area contributed by atoms with Crippen molar-refractivity contribution in [3.05, 3.63) is 78.5 Å². The first-order valence-corrected chi connectivity index (χ1v) is 10.0. The van der Waals surface area contributed by atoms with Crippen molar-refractivity contribution in [3.63, 3.8) is 0 Å². The van der Waals surface area contributed by atoms with Crippen LogP contribution in [0.5, 0.6) is 5.75 Å². The molecule has 1 aromatic carbocycles. The van der Waals surface area contributed by atoms with Crippen LogP contribution in [0, 0.1) is 0 Å². The molecule has 2 aromatic heterocycles. The van der Waals surface area contributed by atoms with E-state index >= 15 is 0 Å². The van der Waals surface area contributed by atoms with E-state index in [9.17, 15) is 9.59 Å². The second-order valence-electron chi connectivity index (χ2n) is 7.28. The minimum Gasteiger partial charge on any atom is -0.497 e. The van der Waals surface area contributed by atoms with Crippen LogP contribution in [0.4, 0.5) is 0 Å². The van der Waals surface area contributed by atoms with E-state index in [2.05, 4.69) is 0 Å². The number of carbonyl (C=O) groups is 2. The Labute approximate surface area is 175 Å². The predicted molar refractivity (Wildman–Crippen MR) is 111 cm³/mol. The molecule has 3 heterocycles. The highest BCUT2D eigenvalue weighted by molar-refractivity contribution is 5.91. The van der Waals surface area contributed by atoms with Gasteiger partial charge in [0.05, 0.1) is 25.8 Å². The van der Waals surface area contributed by atoms with Gasteiger partial charge in [-0.15, -0.1) is 0 Å². The van der Waals surface area contributed by atoms with Crippen molar-refractivity contribution in [2.24, 2.45) is 0 Å². The third-order valence-corrected chi connectivity index (χ3v) is 5.49. The molecular weight excluding hydrogens is 382 g/mol. The van der Waals surface area contributed by atoms with Crippen molar-refractivity contribution in [3.8, 4) is 5.75 Å². The van der Waals surface area contributed by atoms with E-state index < -0.39 is 0 Å². The molecule has 0 spiro atoms. The molecule has 1 fully saturated rings. The van der Waals surface area contributed by atoms with E-state index in [4.69, 9.17) is 9.15 Å². The molecule has 7 heteroatoms. The molecule has 0 N–H and O–H groups in total. The monoisotopic (exact) mass is 407 g/mol. The third-order valence-electron chi connectivity index (χ3n) is 5.49. The maximum absolute atomic E-state index is 13.1. The molecule has 0 radical (unpaired) electrons. The third kappa shape index (κ3) is 4.25. The Hall–Kier alpha value is -3.48. The van der Waals surface area contributed by atoms with Crippen LogP contribution in [0.15, 0.2) is 71.6 Å². The van der Waals surface area contributed by atoms with Gasteiger partial charge in [-0.2, -0.15) is 0 Å². The van der Waals surface area contributed by atoms with E-state index in [1.165, 1.54) is 6.26 Å². The standard InChI is InChI=1S/C23H25N3O4/c1-29-19-7-4-6-18(16-19)20(24-9-2-3-10-24)17-22(27)25-11-13-26(14-12-25)23(28)21-8-5-15-30-21/h2-10,15-16,20H,11-14,17H2,1H3. The van der Waals surface area contributed by atoms with Crippen LogP contribution in [0.25, 0.3) is 0 Å². The first-order valence-electron chi connectivity index (χ1n) is 10.0. The Morgan fingerprint density at radius 3 is 2.40 bits per heavy atom. The van der Waals surface area contributed by atoms with Crippen molar-refractivity contribution in [2.75, 3.05) is 33.3 Å². The van der Waals surface area contributed by atoms with Gasteiger partial charge >= 0.3 is 0 Å². The number of ether oxygens (including phenoxy) is 1. The summed E-state index contributed by atoms with van der Waals surface area (Å²) in [5.41, 5.74) is 1.02. The second kappa shape index (κ2) is 8.90. The highest BCUT2D eigenvalue weighted by Gasteiger charge is 2.28. The second-order valence-corrected chi connectivity index (χ2v) is 7.28. The smallest absolute Gasteiger partial charge is 0.289 e. The summed E-state index contributed by atoms with van der Waals surface area (Å²) in [7, 11) is 1.64. The molecule has 0 saturated carbocycles. The number of aromatic nitrogens is 1. The Balaban J connectivity index is 1.43. The summed E-state index contributed by atoms with van der Waals surface area (Å²) < 4.78 is 12.6. The lowest BCUT2D eigenvalue weighted by atomic mass is 10.0. The summed E-state index contributed by atoms with van der Waals surface area (Å²) in [6, 6.07) is 15.0. The van der Waals surface area contributed by atoms with Crippen LogP contribution >= 0.6 is 0 Å². The molecule has 1 aliphatic heterocycles. The quantitative estimate of drug-likeness (QED) is 0.630. The van der Waals surface area contributed by atoms with Crippen LogP contribution in [0.3, 0.4) is 0 Å². The lowest BCUT2D eigenvalue weighted by Crippen LogP contribution is -2.50. The molecule has 7 nitrogen and oxygen atoms in total. The summed E-state index contributed by atoms with van der Waals surface area (Å²) >= 11 is 0. The van der Waals surface area contributed by atoms with E-state index in [-0.39, 0.29) is 17.9 Å². The van der Waals surface area contributed by atoms with Crippen LogP contribution in [0.2, 0.25) is 0 Å². The number of carbonyl (C=O) groups excluding carboxylic acids is 2. The van der Waals surface area contributed by atoms with Crippen molar-refractivity contribution in [1.29, 1.82) is 0 Å². The number of benzene rings is 1. The molecule has 1 unspecified atom stereocenters. The van der Waals surface area contributed by atoms with Crippen molar-refractivity contribution in [2.45, 2.75) is 12.5 Å². The van der Waals surface area contributed by atoms with Gasteiger partial charge in [0.15, 0.2) is 5.76 Å². The maximum atomic E-state index is 13.1. The average molecular weight is 407 g/mol. The van der Waals surface area contributed by atoms with Crippen molar-refractivity contribution < 1.29 is 18.7 Å². The summed E-state index contributed by atoms with van der Waals surface area (Å²) in [6.45, 7) is 2.03. The Morgan fingerprint density at radius 2 is 1.73 bits per heavy atom. The molecule has 30 heavy (non-hydrogen) atoms. The molecule has 1 aliphatic rings.